The fraction of sp³-hybridized carbons (Fsp3) is 0.0526. The predicted octanol–water partition coefficient (Wildman–Crippen LogP) is 2.80. The topological polar surface area (TPSA) is 84.0 Å². The number of rotatable bonds is 5. The zero-order valence-electron chi connectivity index (χ0n) is 13.6. The Morgan fingerprint density at radius 2 is 1.69 bits per heavy atom. The molecule has 130 valence electrons. The standard InChI is InChI=1S/C19H15FN4O2/c20-16-6-1-2-7-17(16)24-19(26)14-9-13(10-21-11-14)18(25)23-12-15-5-3-4-8-22-15/h1-11H,12H2,(H,23,25)(H,24,26). The summed E-state index contributed by atoms with van der Waals surface area (Å²) in [7, 11) is 0. The Bertz CT molecular complexity index is 932. The van der Waals surface area contributed by atoms with Crippen molar-refractivity contribution in [1.82, 2.24) is 15.3 Å². The van der Waals surface area contributed by atoms with Crippen LogP contribution in [0.4, 0.5) is 10.1 Å². The van der Waals surface area contributed by atoms with Crippen molar-refractivity contribution in [2.75, 3.05) is 5.32 Å². The fourth-order valence-electron chi connectivity index (χ4n) is 2.22. The quantitative estimate of drug-likeness (QED) is 0.741. The van der Waals surface area contributed by atoms with E-state index in [1.807, 2.05) is 6.07 Å². The smallest absolute Gasteiger partial charge is 0.257 e. The lowest BCUT2D eigenvalue weighted by molar-refractivity contribution is 0.0950. The van der Waals surface area contributed by atoms with Crippen LogP contribution in [0.1, 0.15) is 26.4 Å². The van der Waals surface area contributed by atoms with Gasteiger partial charge in [-0.15, -0.1) is 0 Å². The Kier molecular flexibility index (Phi) is 5.28. The first kappa shape index (κ1) is 17.2. The zero-order valence-corrected chi connectivity index (χ0v) is 13.6. The highest BCUT2D eigenvalue weighted by molar-refractivity contribution is 6.05. The van der Waals surface area contributed by atoms with Crippen LogP contribution >= 0.6 is 0 Å². The van der Waals surface area contributed by atoms with Crippen molar-refractivity contribution in [3.63, 3.8) is 0 Å². The van der Waals surface area contributed by atoms with Gasteiger partial charge in [-0.05, 0) is 30.3 Å². The number of amides is 2. The molecule has 0 radical (unpaired) electrons. The van der Waals surface area contributed by atoms with E-state index in [0.29, 0.717) is 5.69 Å². The minimum absolute atomic E-state index is 0.0579. The van der Waals surface area contributed by atoms with Gasteiger partial charge in [0.15, 0.2) is 0 Å². The van der Waals surface area contributed by atoms with Gasteiger partial charge in [0.05, 0.1) is 29.1 Å². The predicted molar refractivity (Wildman–Crippen MR) is 94.0 cm³/mol. The van der Waals surface area contributed by atoms with E-state index in [4.69, 9.17) is 0 Å². The number of hydrogen-bond donors (Lipinski definition) is 2. The van der Waals surface area contributed by atoms with Crippen LogP contribution in [-0.4, -0.2) is 21.8 Å². The Morgan fingerprint density at radius 3 is 2.42 bits per heavy atom. The lowest BCUT2D eigenvalue weighted by Crippen LogP contribution is -2.24. The van der Waals surface area contributed by atoms with Gasteiger partial charge in [-0.25, -0.2) is 4.39 Å². The average Bonchev–Trinajstić information content (AvgIpc) is 2.69. The molecule has 2 amide bonds. The number of carbonyl (C=O) groups is 2. The van der Waals surface area contributed by atoms with Crippen LogP contribution in [0.5, 0.6) is 0 Å². The molecule has 7 heteroatoms. The number of pyridine rings is 2. The van der Waals surface area contributed by atoms with E-state index in [0.717, 1.165) is 0 Å². The number of benzene rings is 1. The largest absolute Gasteiger partial charge is 0.346 e. The van der Waals surface area contributed by atoms with Gasteiger partial charge in [0.25, 0.3) is 11.8 Å². The minimum Gasteiger partial charge on any atom is -0.346 e. The summed E-state index contributed by atoms with van der Waals surface area (Å²) in [5, 5.41) is 5.16. The molecule has 2 heterocycles. The summed E-state index contributed by atoms with van der Waals surface area (Å²) >= 11 is 0. The first-order chi connectivity index (χ1) is 12.6. The van der Waals surface area contributed by atoms with Crippen molar-refractivity contribution in [2.24, 2.45) is 0 Å². The lowest BCUT2D eigenvalue weighted by Gasteiger charge is -2.08. The van der Waals surface area contributed by atoms with Crippen LogP contribution in [0.3, 0.4) is 0 Å². The van der Waals surface area contributed by atoms with Crippen LogP contribution < -0.4 is 10.6 Å². The number of hydrogen-bond acceptors (Lipinski definition) is 4. The summed E-state index contributed by atoms with van der Waals surface area (Å²) in [5.74, 6) is -1.48. The molecule has 0 fully saturated rings. The molecule has 3 aromatic rings. The molecular formula is C19H15FN4O2. The van der Waals surface area contributed by atoms with Gasteiger partial charge in [0.2, 0.25) is 0 Å². The molecule has 3 rings (SSSR count). The highest BCUT2D eigenvalue weighted by Crippen LogP contribution is 2.14. The maximum absolute atomic E-state index is 13.6. The molecule has 6 nitrogen and oxygen atoms in total. The number of anilines is 1. The van der Waals surface area contributed by atoms with Crippen LogP contribution in [0.25, 0.3) is 0 Å². The fourth-order valence-corrected chi connectivity index (χ4v) is 2.22. The first-order valence-electron chi connectivity index (χ1n) is 7.82. The second-order valence-electron chi connectivity index (χ2n) is 5.40. The van der Waals surface area contributed by atoms with Crippen molar-refractivity contribution in [2.45, 2.75) is 6.54 Å². The van der Waals surface area contributed by atoms with Crippen molar-refractivity contribution < 1.29 is 14.0 Å². The van der Waals surface area contributed by atoms with Crippen LogP contribution in [0.15, 0.2) is 67.1 Å². The monoisotopic (exact) mass is 350 g/mol. The summed E-state index contributed by atoms with van der Waals surface area (Å²) in [5.41, 5.74) is 1.14. The number of nitrogens with one attached hydrogen (secondary N) is 2. The molecule has 0 aliphatic heterocycles. The van der Waals surface area contributed by atoms with Gasteiger partial charge in [0.1, 0.15) is 5.82 Å². The SMILES string of the molecule is O=C(NCc1ccccn1)c1cncc(C(=O)Nc2ccccc2F)c1. The molecule has 0 aliphatic carbocycles. The summed E-state index contributed by atoms with van der Waals surface area (Å²) in [4.78, 5) is 32.5. The highest BCUT2D eigenvalue weighted by Gasteiger charge is 2.13. The van der Waals surface area contributed by atoms with Crippen molar-refractivity contribution in [3.05, 3.63) is 89.8 Å². The van der Waals surface area contributed by atoms with Crippen LogP contribution in [0.2, 0.25) is 0 Å². The van der Waals surface area contributed by atoms with Gasteiger partial charge >= 0.3 is 0 Å². The number of halogens is 1. The van der Waals surface area contributed by atoms with E-state index in [-0.39, 0.29) is 29.3 Å². The Hall–Kier alpha value is -3.61. The molecule has 0 spiro atoms. The lowest BCUT2D eigenvalue weighted by atomic mass is 10.1. The van der Waals surface area contributed by atoms with Crippen molar-refractivity contribution >= 4 is 17.5 Å². The highest BCUT2D eigenvalue weighted by atomic mass is 19.1. The van der Waals surface area contributed by atoms with Crippen LogP contribution in [0, 0.1) is 5.82 Å². The second kappa shape index (κ2) is 7.98. The first-order valence-corrected chi connectivity index (χ1v) is 7.82. The summed E-state index contributed by atoms with van der Waals surface area (Å²) in [6, 6.07) is 12.6. The van der Waals surface area contributed by atoms with Gasteiger partial charge < -0.3 is 10.6 Å². The van der Waals surface area contributed by atoms with Gasteiger partial charge in [-0.3, -0.25) is 19.6 Å². The number of carbonyl (C=O) groups excluding carboxylic acids is 2. The molecule has 1 aromatic carbocycles. The minimum atomic E-state index is -0.554. The van der Waals surface area contributed by atoms with E-state index in [2.05, 4.69) is 20.6 Å². The zero-order chi connectivity index (χ0) is 18.4. The average molecular weight is 350 g/mol. The maximum atomic E-state index is 13.6. The molecule has 2 N–H and O–H groups in total. The van der Waals surface area contributed by atoms with E-state index < -0.39 is 11.7 Å². The van der Waals surface area contributed by atoms with Crippen molar-refractivity contribution in [3.8, 4) is 0 Å². The number of aromatic nitrogens is 2. The van der Waals surface area contributed by atoms with E-state index in [1.165, 1.54) is 36.7 Å². The molecule has 0 bridgehead atoms. The molecule has 0 aliphatic rings. The van der Waals surface area contributed by atoms with Gasteiger partial charge in [-0.2, -0.15) is 0 Å². The Morgan fingerprint density at radius 1 is 0.962 bits per heavy atom. The Balaban J connectivity index is 1.68. The summed E-state index contributed by atoms with van der Waals surface area (Å²) < 4.78 is 13.6. The van der Waals surface area contributed by atoms with Crippen LogP contribution in [-0.2, 0) is 6.54 Å². The number of para-hydroxylation sites is 1. The summed E-state index contributed by atoms with van der Waals surface area (Å²) in [6.45, 7) is 0.255. The molecule has 0 saturated heterocycles. The number of nitrogens with zero attached hydrogens (tertiary/aromatic N) is 2. The summed E-state index contributed by atoms with van der Waals surface area (Å²) in [6.07, 6.45) is 4.30. The maximum Gasteiger partial charge on any atom is 0.257 e. The molecular weight excluding hydrogens is 335 g/mol. The molecule has 0 atom stereocenters. The third kappa shape index (κ3) is 4.27. The Labute approximate surface area is 149 Å². The van der Waals surface area contributed by atoms with Gasteiger partial charge in [-0.1, -0.05) is 18.2 Å². The van der Waals surface area contributed by atoms with Gasteiger partial charge in [0, 0.05) is 18.6 Å². The molecule has 26 heavy (non-hydrogen) atoms. The van der Waals surface area contributed by atoms with E-state index in [1.54, 1.807) is 24.4 Å². The second-order valence-corrected chi connectivity index (χ2v) is 5.40. The molecule has 0 unspecified atom stereocenters. The molecule has 0 saturated carbocycles. The molecule has 2 aromatic heterocycles. The third-order valence-electron chi connectivity index (χ3n) is 3.54. The van der Waals surface area contributed by atoms with Crippen molar-refractivity contribution in [1.29, 1.82) is 0 Å². The third-order valence-corrected chi connectivity index (χ3v) is 3.54. The van der Waals surface area contributed by atoms with E-state index >= 15 is 0 Å². The normalized spacial score (nSPS) is 10.2. The van der Waals surface area contributed by atoms with E-state index in [9.17, 15) is 14.0 Å².